The van der Waals surface area contributed by atoms with Gasteiger partial charge in [0.2, 0.25) is 0 Å². The minimum atomic E-state index is 0.701. The Balaban J connectivity index is 0.00000106. The minimum absolute atomic E-state index is 0.701. The van der Waals surface area contributed by atoms with E-state index in [0.717, 1.165) is 5.92 Å². The molecule has 0 saturated heterocycles. The zero-order valence-electron chi connectivity index (χ0n) is 13.2. The van der Waals surface area contributed by atoms with Crippen molar-refractivity contribution < 1.29 is 4.74 Å². The molecule has 21 heavy (non-hydrogen) atoms. The van der Waals surface area contributed by atoms with E-state index < -0.39 is 0 Å². The molecule has 0 heterocycles. The first kappa shape index (κ1) is 17.3. The topological polar surface area (TPSA) is 9.23 Å². The summed E-state index contributed by atoms with van der Waals surface area (Å²) in [6, 6.07) is 8.88. The molecule has 0 bridgehead atoms. The third-order valence-electron chi connectivity index (χ3n) is 3.94. The predicted octanol–water partition coefficient (Wildman–Crippen LogP) is 4.58. The lowest BCUT2D eigenvalue weighted by Crippen LogP contribution is -1.99. The summed E-state index contributed by atoms with van der Waals surface area (Å²) in [6.45, 7) is 2.82. The van der Waals surface area contributed by atoms with Gasteiger partial charge in [-0.15, -0.1) is 12.8 Å². The van der Waals surface area contributed by atoms with Gasteiger partial charge in [-0.1, -0.05) is 48.1 Å². The molecule has 1 nitrogen and oxygen atoms in total. The fourth-order valence-corrected chi connectivity index (χ4v) is 2.84. The van der Waals surface area contributed by atoms with Crippen LogP contribution in [0.15, 0.2) is 48.1 Å². The molecular weight excluding hydrogens is 256 g/mol. The Kier molecular flexibility index (Phi) is 8.24. The normalized spacial score (nSPS) is 14.8. The summed E-state index contributed by atoms with van der Waals surface area (Å²) in [6.07, 6.45) is 19.5. The van der Waals surface area contributed by atoms with Gasteiger partial charge in [0.05, 0.1) is 6.61 Å². The van der Waals surface area contributed by atoms with E-state index >= 15 is 0 Å². The smallest absolute Gasteiger partial charge is 0.0646 e. The molecule has 0 unspecified atom stereocenters. The van der Waals surface area contributed by atoms with Crippen LogP contribution in [0.25, 0.3) is 0 Å². The van der Waals surface area contributed by atoms with Crippen LogP contribution in [0.5, 0.6) is 0 Å². The van der Waals surface area contributed by atoms with E-state index in [0.29, 0.717) is 6.61 Å². The zero-order valence-corrected chi connectivity index (χ0v) is 13.2. The van der Waals surface area contributed by atoms with Crippen LogP contribution >= 0.6 is 0 Å². The third-order valence-corrected chi connectivity index (χ3v) is 3.94. The number of terminal acetylenes is 1. The summed E-state index contributed by atoms with van der Waals surface area (Å²) in [5, 5.41) is 0. The van der Waals surface area contributed by atoms with E-state index in [1.54, 1.807) is 18.2 Å². The second kappa shape index (κ2) is 10.0. The van der Waals surface area contributed by atoms with Gasteiger partial charge >= 0.3 is 0 Å². The number of hydrogen-bond acceptors (Lipinski definition) is 1. The highest BCUT2D eigenvalue weighted by Crippen LogP contribution is 2.30. The number of rotatable bonds is 6. The van der Waals surface area contributed by atoms with Gasteiger partial charge in [0, 0.05) is 7.11 Å². The van der Waals surface area contributed by atoms with Crippen molar-refractivity contribution in [2.45, 2.75) is 32.6 Å². The van der Waals surface area contributed by atoms with Crippen LogP contribution < -0.4 is 0 Å². The third kappa shape index (κ3) is 5.61. The molecule has 2 rings (SSSR count). The van der Waals surface area contributed by atoms with E-state index in [1.165, 1.54) is 31.3 Å². The minimum Gasteiger partial charge on any atom is -0.381 e. The van der Waals surface area contributed by atoms with Crippen molar-refractivity contribution >= 4 is 0 Å². The standard InChI is InChI=1S/C18H24O.C2H2/c1-3-15(7-6-12-19-2)10-11-16-13-17-8-4-5-9-18(17)14-16;1-2/h3-9,16H,10-14H2,1-2H3;1-2H/b7-6-,15-3+;. The molecule has 0 N–H and O–H groups in total. The van der Waals surface area contributed by atoms with Crippen LogP contribution in [0.4, 0.5) is 0 Å². The number of hydrogen-bond donors (Lipinski definition) is 0. The van der Waals surface area contributed by atoms with Crippen molar-refractivity contribution in [3.63, 3.8) is 0 Å². The Labute approximate surface area is 129 Å². The van der Waals surface area contributed by atoms with E-state index in [9.17, 15) is 0 Å². The first-order valence-corrected chi connectivity index (χ1v) is 7.54. The first-order valence-electron chi connectivity index (χ1n) is 7.54. The predicted molar refractivity (Wildman–Crippen MR) is 91.2 cm³/mol. The quantitative estimate of drug-likeness (QED) is 0.548. The van der Waals surface area contributed by atoms with Crippen LogP contribution in [0.2, 0.25) is 0 Å². The SMILES string of the molecule is C#C.C/C=C(\C=C/COC)CCC1Cc2ccccc2C1. The van der Waals surface area contributed by atoms with Crippen LogP contribution in [-0.2, 0) is 17.6 Å². The molecule has 1 heteroatoms. The van der Waals surface area contributed by atoms with E-state index in [1.807, 2.05) is 0 Å². The average Bonchev–Trinajstić information content (AvgIpc) is 2.95. The van der Waals surface area contributed by atoms with Gasteiger partial charge in [-0.05, 0) is 49.7 Å². The molecule has 0 atom stereocenters. The molecule has 0 fully saturated rings. The summed E-state index contributed by atoms with van der Waals surface area (Å²) < 4.78 is 5.04. The van der Waals surface area contributed by atoms with Gasteiger partial charge in [0.25, 0.3) is 0 Å². The van der Waals surface area contributed by atoms with Crippen molar-refractivity contribution in [2.24, 2.45) is 5.92 Å². The molecule has 1 aliphatic carbocycles. The van der Waals surface area contributed by atoms with Crippen molar-refractivity contribution in [3.8, 4) is 12.8 Å². The van der Waals surface area contributed by atoms with Crippen molar-refractivity contribution in [2.75, 3.05) is 13.7 Å². The molecule has 112 valence electrons. The van der Waals surface area contributed by atoms with Gasteiger partial charge in [0.1, 0.15) is 0 Å². The number of allylic oxidation sites excluding steroid dienone is 3. The zero-order chi connectivity index (χ0) is 15.5. The average molecular weight is 282 g/mol. The molecule has 0 amide bonds. The lowest BCUT2D eigenvalue weighted by atomic mass is 9.96. The maximum atomic E-state index is 5.04. The highest BCUT2D eigenvalue weighted by Gasteiger charge is 2.20. The van der Waals surface area contributed by atoms with Gasteiger partial charge in [-0.3, -0.25) is 0 Å². The lowest BCUT2D eigenvalue weighted by Gasteiger charge is -2.09. The Hall–Kier alpha value is -1.78. The van der Waals surface area contributed by atoms with Gasteiger partial charge < -0.3 is 4.74 Å². The lowest BCUT2D eigenvalue weighted by molar-refractivity contribution is 0.234. The Morgan fingerprint density at radius 3 is 2.38 bits per heavy atom. The summed E-state index contributed by atoms with van der Waals surface area (Å²) in [7, 11) is 1.73. The van der Waals surface area contributed by atoms with Crippen LogP contribution in [0, 0.1) is 18.8 Å². The maximum Gasteiger partial charge on any atom is 0.0646 e. The molecule has 0 aromatic heterocycles. The number of ether oxygens (including phenoxy) is 1. The molecule has 0 spiro atoms. The fraction of sp³-hybridized carbons (Fsp3) is 0.400. The summed E-state index contributed by atoms with van der Waals surface area (Å²) in [5.74, 6) is 0.822. The van der Waals surface area contributed by atoms with E-state index in [-0.39, 0.29) is 0 Å². The number of benzene rings is 1. The molecule has 0 radical (unpaired) electrons. The second-order valence-electron chi connectivity index (χ2n) is 5.30. The Morgan fingerprint density at radius 1 is 1.24 bits per heavy atom. The van der Waals surface area contributed by atoms with E-state index in [4.69, 9.17) is 4.74 Å². The van der Waals surface area contributed by atoms with Gasteiger partial charge in [0.15, 0.2) is 0 Å². The Morgan fingerprint density at radius 2 is 1.86 bits per heavy atom. The molecular formula is C20H26O. The Bertz CT molecular complexity index is 469. The molecule has 1 aromatic carbocycles. The van der Waals surface area contributed by atoms with Gasteiger partial charge in [-0.2, -0.15) is 0 Å². The number of methoxy groups -OCH3 is 1. The molecule has 0 saturated carbocycles. The number of fused-ring (bicyclic) bond motifs is 1. The van der Waals surface area contributed by atoms with Crippen LogP contribution in [-0.4, -0.2) is 13.7 Å². The molecule has 1 aromatic rings. The van der Waals surface area contributed by atoms with Crippen molar-refractivity contribution in [1.82, 2.24) is 0 Å². The van der Waals surface area contributed by atoms with Crippen molar-refractivity contribution in [1.29, 1.82) is 0 Å². The fourth-order valence-electron chi connectivity index (χ4n) is 2.84. The largest absolute Gasteiger partial charge is 0.381 e. The maximum absolute atomic E-state index is 5.04. The molecule has 0 aliphatic heterocycles. The van der Waals surface area contributed by atoms with E-state index in [2.05, 4.69) is 62.3 Å². The van der Waals surface area contributed by atoms with Gasteiger partial charge in [-0.25, -0.2) is 0 Å². The van der Waals surface area contributed by atoms with Crippen molar-refractivity contribution in [3.05, 3.63) is 59.2 Å². The highest BCUT2D eigenvalue weighted by atomic mass is 16.5. The highest BCUT2D eigenvalue weighted by molar-refractivity contribution is 5.32. The monoisotopic (exact) mass is 282 g/mol. The second-order valence-corrected chi connectivity index (χ2v) is 5.30. The molecule has 1 aliphatic rings. The van der Waals surface area contributed by atoms with Crippen LogP contribution in [0.1, 0.15) is 30.9 Å². The first-order chi connectivity index (χ1) is 10.3. The summed E-state index contributed by atoms with van der Waals surface area (Å²) in [5.41, 5.74) is 4.54. The summed E-state index contributed by atoms with van der Waals surface area (Å²) in [4.78, 5) is 0. The van der Waals surface area contributed by atoms with Crippen LogP contribution in [0.3, 0.4) is 0 Å². The summed E-state index contributed by atoms with van der Waals surface area (Å²) >= 11 is 0.